The summed E-state index contributed by atoms with van der Waals surface area (Å²) in [5.41, 5.74) is 5.40. The molecule has 0 bridgehead atoms. The first-order chi connectivity index (χ1) is 6.03. The van der Waals surface area contributed by atoms with Crippen LogP contribution in [-0.2, 0) is 0 Å². The van der Waals surface area contributed by atoms with Gasteiger partial charge in [0.15, 0.2) is 0 Å². The smallest absolute Gasteiger partial charge is 0.329 e. The molecule has 1 aliphatic rings. The van der Waals surface area contributed by atoms with E-state index in [2.05, 4.69) is 0 Å². The summed E-state index contributed by atoms with van der Waals surface area (Å²) < 4.78 is 36.2. The first-order valence-electron chi connectivity index (χ1n) is 4.54. The largest absolute Gasteiger partial charge is 0.401 e. The predicted molar refractivity (Wildman–Crippen MR) is 44.3 cm³/mol. The highest BCUT2D eigenvalue weighted by molar-refractivity contribution is 4.79. The van der Waals surface area contributed by atoms with Gasteiger partial charge in [0, 0.05) is 12.6 Å². The Bertz CT molecular complexity index is 158. The van der Waals surface area contributed by atoms with Gasteiger partial charge in [-0.2, -0.15) is 13.2 Å². The average Bonchev–Trinajstić information content (AvgIpc) is 2.02. The van der Waals surface area contributed by atoms with Crippen LogP contribution < -0.4 is 5.73 Å². The second kappa shape index (κ2) is 4.28. The normalized spacial score (nSPS) is 26.3. The van der Waals surface area contributed by atoms with Crippen molar-refractivity contribution in [3.63, 3.8) is 0 Å². The van der Waals surface area contributed by atoms with E-state index < -0.39 is 12.7 Å². The summed E-state index contributed by atoms with van der Waals surface area (Å²) in [7, 11) is 0. The SMILES string of the molecule is NC[C@@H]1CCCCN1CC(F)(F)F. The molecule has 1 fully saturated rings. The van der Waals surface area contributed by atoms with E-state index in [1.807, 2.05) is 0 Å². The zero-order valence-corrected chi connectivity index (χ0v) is 7.48. The molecule has 13 heavy (non-hydrogen) atoms. The lowest BCUT2D eigenvalue weighted by atomic mass is 10.0. The Morgan fingerprint density at radius 2 is 2.00 bits per heavy atom. The molecular formula is C8H15F3N2. The minimum Gasteiger partial charge on any atom is -0.329 e. The maximum absolute atomic E-state index is 12.1. The van der Waals surface area contributed by atoms with E-state index in [1.165, 1.54) is 4.90 Å². The molecule has 0 spiro atoms. The Kier molecular flexibility index (Phi) is 3.55. The van der Waals surface area contributed by atoms with Crippen molar-refractivity contribution in [2.24, 2.45) is 5.73 Å². The number of hydrogen-bond donors (Lipinski definition) is 1. The maximum Gasteiger partial charge on any atom is 0.401 e. The molecule has 1 atom stereocenters. The van der Waals surface area contributed by atoms with E-state index in [0.717, 1.165) is 19.3 Å². The summed E-state index contributed by atoms with van der Waals surface area (Å²) >= 11 is 0. The molecule has 1 aliphatic heterocycles. The number of rotatable bonds is 2. The standard InChI is InChI=1S/C8H15F3N2/c9-8(10,11)6-13-4-2-1-3-7(13)5-12/h7H,1-6,12H2/t7-/m0/s1. The third-order valence-corrected chi connectivity index (χ3v) is 2.40. The fourth-order valence-corrected chi connectivity index (χ4v) is 1.77. The zero-order chi connectivity index (χ0) is 9.90. The monoisotopic (exact) mass is 196 g/mol. The third kappa shape index (κ3) is 3.52. The van der Waals surface area contributed by atoms with Gasteiger partial charge in [-0.1, -0.05) is 6.42 Å². The molecular weight excluding hydrogens is 181 g/mol. The lowest BCUT2D eigenvalue weighted by molar-refractivity contribution is -0.152. The van der Waals surface area contributed by atoms with Crippen molar-refractivity contribution in [3.8, 4) is 0 Å². The number of nitrogens with two attached hydrogens (primary N) is 1. The predicted octanol–water partition coefficient (Wildman–Crippen LogP) is 1.36. The van der Waals surface area contributed by atoms with E-state index in [9.17, 15) is 13.2 Å². The van der Waals surface area contributed by atoms with E-state index >= 15 is 0 Å². The van der Waals surface area contributed by atoms with Gasteiger partial charge in [0.05, 0.1) is 6.54 Å². The quantitative estimate of drug-likeness (QED) is 0.722. The summed E-state index contributed by atoms with van der Waals surface area (Å²) in [4.78, 5) is 1.45. The molecule has 0 aromatic carbocycles. The Morgan fingerprint density at radius 1 is 1.31 bits per heavy atom. The summed E-state index contributed by atoms with van der Waals surface area (Å²) in [6.07, 6.45) is -1.44. The highest BCUT2D eigenvalue weighted by Gasteiger charge is 2.34. The highest BCUT2D eigenvalue weighted by Crippen LogP contribution is 2.22. The van der Waals surface area contributed by atoms with Crippen molar-refractivity contribution in [3.05, 3.63) is 0 Å². The van der Waals surface area contributed by atoms with Crippen molar-refractivity contribution in [2.75, 3.05) is 19.6 Å². The molecule has 5 heteroatoms. The van der Waals surface area contributed by atoms with Gasteiger partial charge in [-0.15, -0.1) is 0 Å². The van der Waals surface area contributed by atoms with Crippen molar-refractivity contribution in [2.45, 2.75) is 31.5 Å². The topological polar surface area (TPSA) is 29.3 Å². The maximum atomic E-state index is 12.1. The summed E-state index contributed by atoms with van der Waals surface area (Å²) in [6, 6.07) is -0.0737. The summed E-state index contributed by atoms with van der Waals surface area (Å²) in [5, 5.41) is 0. The summed E-state index contributed by atoms with van der Waals surface area (Å²) in [5.74, 6) is 0. The Balaban J connectivity index is 2.45. The van der Waals surface area contributed by atoms with Crippen LogP contribution in [0.1, 0.15) is 19.3 Å². The van der Waals surface area contributed by atoms with Crippen molar-refractivity contribution in [1.82, 2.24) is 4.90 Å². The fourth-order valence-electron chi connectivity index (χ4n) is 1.77. The van der Waals surface area contributed by atoms with Crippen LogP contribution in [0.25, 0.3) is 0 Å². The van der Waals surface area contributed by atoms with Crippen LogP contribution >= 0.6 is 0 Å². The first kappa shape index (κ1) is 10.8. The molecule has 0 aromatic heterocycles. The lowest BCUT2D eigenvalue weighted by Crippen LogP contribution is -2.48. The van der Waals surface area contributed by atoms with E-state index in [-0.39, 0.29) is 6.04 Å². The lowest BCUT2D eigenvalue weighted by Gasteiger charge is -2.35. The molecule has 78 valence electrons. The molecule has 0 aromatic rings. The molecule has 0 aliphatic carbocycles. The molecule has 2 nitrogen and oxygen atoms in total. The van der Waals surface area contributed by atoms with Gasteiger partial charge in [-0.3, -0.25) is 4.90 Å². The Labute approximate surface area is 75.9 Å². The third-order valence-electron chi connectivity index (χ3n) is 2.40. The van der Waals surface area contributed by atoms with Crippen LogP contribution in [0.4, 0.5) is 13.2 Å². The molecule has 1 heterocycles. The first-order valence-corrected chi connectivity index (χ1v) is 4.54. The van der Waals surface area contributed by atoms with E-state index in [0.29, 0.717) is 13.1 Å². The molecule has 0 amide bonds. The van der Waals surface area contributed by atoms with Gasteiger partial charge in [-0.05, 0) is 19.4 Å². The minimum atomic E-state index is -4.09. The van der Waals surface area contributed by atoms with Crippen LogP contribution in [0, 0.1) is 0 Å². The minimum absolute atomic E-state index is 0.0737. The zero-order valence-electron chi connectivity index (χ0n) is 7.48. The molecule has 1 saturated heterocycles. The van der Waals surface area contributed by atoms with Gasteiger partial charge in [0.2, 0.25) is 0 Å². The number of alkyl halides is 3. The van der Waals surface area contributed by atoms with Gasteiger partial charge in [0.25, 0.3) is 0 Å². The Morgan fingerprint density at radius 3 is 2.54 bits per heavy atom. The van der Waals surface area contributed by atoms with Crippen LogP contribution in [0.3, 0.4) is 0 Å². The number of hydrogen-bond acceptors (Lipinski definition) is 2. The van der Waals surface area contributed by atoms with Gasteiger partial charge in [-0.25, -0.2) is 0 Å². The number of nitrogens with zero attached hydrogens (tertiary/aromatic N) is 1. The van der Waals surface area contributed by atoms with Crippen LogP contribution in [0.15, 0.2) is 0 Å². The van der Waals surface area contributed by atoms with Crippen LogP contribution in [0.5, 0.6) is 0 Å². The molecule has 0 unspecified atom stereocenters. The van der Waals surface area contributed by atoms with Crippen molar-refractivity contribution >= 4 is 0 Å². The van der Waals surface area contributed by atoms with Gasteiger partial charge < -0.3 is 5.73 Å². The fraction of sp³-hybridized carbons (Fsp3) is 1.00. The van der Waals surface area contributed by atoms with Gasteiger partial charge in [0.1, 0.15) is 0 Å². The summed E-state index contributed by atoms with van der Waals surface area (Å²) in [6.45, 7) is 0.0479. The number of likely N-dealkylation sites (tertiary alicyclic amines) is 1. The molecule has 0 radical (unpaired) electrons. The molecule has 1 rings (SSSR count). The van der Waals surface area contributed by atoms with E-state index in [4.69, 9.17) is 5.73 Å². The van der Waals surface area contributed by atoms with E-state index in [1.54, 1.807) is 0 Å². The number of halogens is 3. The molecule has 2 N–H and O–H groups in total. The second-order valence-electron chi connectivity index (χ2n) is 3.47. The van der Waals surface area contributed by atoms with Crippen LogP contribution in [0.2, 0.25) is 0 Å². The second-order valence-corrected chi connectivity index (χ2v) is 3.47. The number of piperidine rings is 1. The van der Waals surface area contributed by atoms with Crippen molar-refractivity contribution < 1.29 is 13.2 Å². The Hall–Kier alpha value is -0.290. The highest BCUT2D eigenvalue weighted by atomic mass is 19.4. The van der Waals surface area contributed by atoms with Crippen LogP contribution in [-0.4, -0.2) is 36.8 Å². The average molecular weight is 196 g/mol. The molecule has 0 saturated carbocycles. The van der Waals surface area contributed by atoms with Crippen molar-refractivity contribution in [1.29, 1.82) is 0 Å². The van der Waals surface area contributed by atoms with Gasteiger partial charge >= 0.3 is 6.18 Å².